The zero-order valence-electron chi connectivity index (χ0n) is 24.4. The van der Waals surface area contributed by atoms with Crippen LogP contribution < -0.4 is 0 Å². The molecule has 0 radical (unpaired) electrons. The summed E-state index contributed by atoms with van der Waals surface area (Å²) in [5, 5.41) is 28.5. The second-order valence-corrected chi connectivity index (χ2v) is 14.1. The Bertz CT molecular complexity index is 721. The van der Waals surface area contributed by atoms with Crippen molar-refractivity contribution in [1.29, 1.82) is 0 Å². The third-order valence-corrected chi connectivity index (χ3v) is 9.53. The number of nitrogens with zero attached hydrogens (tertiary/aromatic N) is 2. The molecule has 2 aliphatic carbocycles. The highest BCUT2D eigenvalue weighted by Gasteiger charge is 2.44. The van der Waals surface area contributed by atoms with Gasteiger partial charge in [-0.25, -0.2) is 4.79 Å². The Labute approximate surface area is 237 Å². The lowest BCUT2D eigenvalue weighted by Crippen LogP contribution is -2.49. The van der Waals surface area contributed by atoms with Crippen LogP contribution in [0.25, 0.3) is 0 Å². The number of fused-ring (bicyclic) bond motifs is 6. The first-order chi connectivity index (χ1) is 17.4. The van der Waals surface area contributed by atoms with Gasteiger partial charge in [-0.1, -0.05) is 12.8 Å². The van der Waals surface area contributed by atoms with Crippen molar-refractivity contribution >= 4 is 18.5 Å². The average molecular weight is 559 g/mol. The lowest BCUT2D eigenvalue weighted by molar-refractivity contribution is -0.0110. The van der Waals surface area contributed by atoms with Crippen molar-refractivity contribution in [3.63, 3.8) is 0 Å². The summed E-state index contributed by atoms with van der Waals surface area (Å²) in [5.41, 5.74) is -0.438. The Kier molecular flexibility index (Phi) is 11.2. The van der Waals surface area contributed by atoms with Crippen molar-refractivity contribution in [3.05, 3.63) is 0 Å². The van der Waals surface area contributed by atoms with Crippen LogP contribution in [0.4, 0.5) is 4.79 Å². The SMILES string of the molecule is CC(C)(C)OC(=O)N1[C@@H]2CC[C@H]1CC(O)C2.CC(C)N1[C@@H]2CC[C@H]1CC(O)C2.Cl.OC1C[C@H]2CC[C@@H](C1)C2. The average Bonchev–Trinajstić information content (AvgIpc) is 3.37. The maximum Gasteiger partial charge on any atom is 0.410 e. The molecule has 222 valence electrons. The summed E-state index contributed by atoms with van der Waals surface area (Å²) in [6.45, 7) is 10.2. The Morgan fingerprint density at radius 3 is 1.50 bits per heavy atom. The van der Waals surface area contributed by atoms with Gasteiger partial charge in [0, 0.05) is 30.2 Å². The number of carbonyl (C=O) groups excluding carboxylic acids is 1. The molecule has 3 N–H and O–H groups in total. The highest BCUT2D eigenvalue weighted by atomic mass is 35.5. The van der Waals surface area contributed by atoms with Gasteiger partial charge in [0.1, 0.15) is 5.60 Å². The number of halogens is 1. The fourth-order valence-electron chi connectivity index (χ4n) is 8.26. The largest absolute Gasteiger partial charge is 0.444 e. The first-order valence-corrected chi connectivity index (χ1v) is 15.2. The maximum absolute atomic E-state index is 12.0. The molecule has 8 heteroatoms. The van der Waals surface area contributed by atoms with Gasteiger partial charge in [-0.15, -0.1) is 12.4 Å². The number of ether oxygens (including phenoxy) is 1. The molecular formula is C30H55ClN2O5. The van der Waals surface area contributed by atoms with Gasteiger partial charge in [-0.2, -0.15) is 0 Å². The number of aliphatic hydroxyl groups is 3. The van der Waals surface area contributed by atoms with Crippen molar-refractivity contribution < 1.29 is 24.9 Å². The van der Waals surface area contributed by atoms with Crippen molar-refractivity contribution in [1.82, 2.24) is 9.80 Å². The van der Waals surface area contributed by atoms with Gasteiger partial charge in [0.25, 0.3) is 0 Å². The zero-order valence-corrected chi connectivity index (χ0v) is 25.2. The second kappa shape index (κ2) is 13.4. The topological polar surface area (TPSA) is 93.5 Å². The molecule has 1 amide bonds. The first kappa shape index (κ1) is 31.9. The van der Waals surface area contributed by atoms with Crippen LogP contribution in [0.2, 0.25) is 0 Å². The van der Waals surface area contributed by atoms with Crippen LogP contribution in [0.3, 0.4) is 0 Å². The fraction of sp³-hybridized carbons (Fsp3) is 0.967. The van der Waals surface area contributed by atoms with E-state index in [1.165, 1.54) is 32.1 Å². The van der Waals surface area contributed by atoms with Crippen LogP contribution in [0.1, 0.15) is 118 Å². The van der Waals surface area contributed by atoms with E-state index in [0.29, 0.717) is 31.0 Å². The summed E-state index contributed by atoms with van der Waals surface area (Å²) in [6, 6.07) is 2.39. The second-order valence-electron chi connectivity index (χ2n) is 14.1. The Morgan fingerprint density at radius 2 is 1.08 bits per heavy atom. The van der Waals surface area contributed by atoms with Gasteiger partial charge < -0.3 is 25.0 Å². The van der Waals surface area contributed by atoms with Crippen LogP contribution in [-0.2, 0) is 4.74 Å². The van der Waals surface area contributed by atoms with Crippen molar-refractivity contribution in [2.75, 3.05) is 0 Å². The summed E-state index contributed by atoms with van der Waals surface area (Å²) in [5.74, 6) is 1.78. The first-order valence-electron chi connectivity index (χ1n) is 15.2. The number of carbonyl (C=O) groups is 1. The molecule has 6 fully saturated rings. The lowest BCUT2D eigenvalue weighted by Gasteiger charge is -2.39. The number of amides is 1. The van der Waals surface area contributed by atoms with E-state index in [9.17, 15) is 20.1 Å². The van der Waals surface area contributed by atoms with E-state index < -0.39 is 5.60 Å². The van der Waals surface area contributed by atoms with Crippen molar-refractivity contribution in [2.24, 2.45) is 11.8 Å². The van der Waals surface area contributed by atoms with Crippen molar-refractivity contribution in [2.45, 2.75) is 172 Å². The van der Waals surface area contributed by atoms with Gasteiger partial charge in [-0.05, 0) is 117 Å². The molecule has 38 heavy (non-hydrogen) atoms. The highest BCUT2D eigenvalue weighted by Crippen LogP contribution is 2.42. The smallest absolute Gasteiger partial charge is 0.410 e. The van der Waals surface area contributed by atoms with E-state index in [1.807, 2.05) is 25.7 Å². The van der Waals surface area contributed by atoms with Crippen molar-refractivity contribution in [3.8, 4) is 0 Å². The Hall–Kier alpha value is -0.600. The van der Waals surface area contributed by atoms with E-state index in [2.05, 4.69) is 18.7 Å². The molecule has 0 spiro atoms. The molecule has 9 atom stereocenters. The van der Waals surface area contributed by atoms with Gasteiger partial charge >= 0.3 is 6.09 Å². The van der Waals surface area contributed by atoms with Crippen LogP contribution in [0, 0.1) is 11.8 Å². The number of hydrogen-bond donors (Lipinski definition) is 3. The summed E-state index contributed by atoms with van der Waals surface area (Å²) in [4.78, 5) is 16.5. The Balaban J connectivity index is 0.000000162. The van der Waals surface area contributed by atoms with Crippen LogP contribution >= 0.6 is 12.4 Å². The number of rotatable bonds is 1. The molecule has 0 aromatic carbocycles. The molecule has 4 heterocycles. The number of aliphatic hydroxyl groups excluding tert-OH is 3. The maximum atomic E-state index is 12.0. The predicted octanol–water partition coefficient (Wildman–Crippen LogP) is 5.27. The van der Waals surface area contributed by atoms with E-state index in [4.69, 9.17) is 4.74 Å². The predicted molar refractivity (Wildman–Crippen MR) is 152 cm³/mol. The standard InChI is InChI=1S/C12H21NO3.C10H19NO.C8H14O.ClH/c1-12(2,3)16-11(15)13-8-4-5-9(13)7-10(14)6-8;1-7(2)11-8-3-4-9(11)6-10(12)5-8;9-8-4-6-1-2-7(3-6)5-8;/h8-10,14H,4-7H2,1-3H3;7-10,12H,3-6H2,1-2H3;6-9H,1-5H2;1H/t2*8-,9+,10?;6-,7+,8?;. The summed E-state index contributed by atoms with van der Waals surface area (Å²) >= 11 is 0. The third kappa shape index (κ3) is 8.22. The number of hydrogen-bond acceptors (Lipinski definition) is 6. The molecule has 6 bridgehead atoms. The minimum atomic E-state index is -0.438. The normalized spacial score (nSPS) is 39.5. The molecule has 0 aromatic heterocycles. The third-order valence-electron chi connectivity index (χ3n) is 9.53. The van der Waals surface area contributed by atoms with E-state index in [-0.39, 0.29) is 48.9 Å². The summed E-state index contributed by atoms with van der Waals surface area (Å²) in [6.07, 6.45) is 14.0. The number of piperidine rings is 2. The van der Waals surface area contributed by atoms with Gasteiger partial charge in [0.2, 0.25) is 0 Å². The molecule has 3 unspecified atom stereocenters. The minimum absolute atomic E-state index is 0. The van der Waals surface area contributed by atoms with E-state index in [0.717, 1.165) is 50.4 Å². The van der Waals surface area contributed by atoms with E-state index >= 15 is 0 Å². The van der Waals surface area contributed by atoms with Crippen LogP contribution in [0.15, 0.2) is 0 Å². The molecule has 4 aliphatic heterocycles. The van der Waals surface area contributed by atoms with Gasteiger partial charge in [0.15, 0.2) is 0 Å². The minimum Gasteiger partial charge on any atom is -0.444 e. The molecule has 2 saturated carbocycles. The van der Waals surface area contributed by atoms with E-state index in [1.54, 1.807) is 0 Å². The quantitative estimate of drug-likeness (QED) is 0.406. The van der Waals surface area contributed by atoms with Crippen LogP contribution in [-0.4, -0.2) is 85.3 Å². The molecule has 6 rings (SSSR count). The molecule has 4 saturated heterocycles. The zero-order chi connectivity index (χ0) is 26.9. The molecule has 7 nitrogen and oxygen atoms in total. The molecule has 0 aromatic rings. The highest BCUT2D eigenvalue weighted by molar-refractivity contribution is 5.85. The van der Waals surface area contributed by atoms with Crippen LogP contribution in [0.5, 0.6) is 0 Å². The molecular weight excluding hydrogens is 504 g/mol. The van der Waals surface area contributed by atoms with Gasteiger partial charge in [0.05, 0.1) is 18.3 Å². The fourth-order valence-corrected chi connectivity index (χ4v) is 8.26. The molecule has 6 aliphatic rings. The summed E-state index contributed by atoms with van der Waals surface area (Å²) in [7, 11) is 0. The lowest BCUT2D eigenvalue weighted by atomic mass is 9.87. The monoisotopic (exact) mass is 558 g/mol. The van der Waals surface area contributed by atoms with Gasteiger partial charge in [-0.3, -0.25) is 4.90 Å². The Morgan fingerprint density at radius 1 is 0.684 bits per heavy atom. The summed E-state index contributed by atoms with van der Waals surface area (Å²) < 4.78 is 5.40.